The largest absolute Gasteiger partial charge is 1.00 e. The van der Waals surface area contributed by atoms with Gasteiger partial charge in [-0.1, -0.05) is 0 Å². The van der Waals surface area contributed by atoms with Crippen molar-refractivity contribution in [3.05, 3.63) is 123 Å². The van der Waals surface area contributed by atoms with E-state index >= 15 is 0 Å². The van der Waals surface area contributed by atoms with Gasteiger partial charge in [0, 0.05) is 0 Å². The zero-order valence-electron chi connectivity index (χ0n) is 30.5. The fraction of sp³-hybridized carbons (Fsp3) is 0.349. The third-order valence-electron chi connectivity index (χ3n) is 10.1. The van der Waals surface area contributed by atoms with Crippen LogP contribution >= 0.6 is 0 Å². The molecule has 48 heavy (non-hydrogen) atoms. The molecule has 5 heteroatoms. The second-order valence-corrected chi connectivity index (χ2v) is 33.6. The molecule has 0 saturated heterocycles. The molecule has 0 radical (unpaired) electrons. The first kappa shape index (κ1) is 38.6. The fourth-order valence-electron chi connectivity index (χ4n) is 7.80. The van der Waals surface area contributed by atoms with E-state index in [1.807, 2.05) is 7.11 Å². The van der Waals surface area contributed by atoms with Crippen molar-refractivity contribution >= 4 is 17.6 Å². The molecule has 0 saturated carbocycles. The van der Waals surface area contributed by atoms with Gasteiger partial charge in [-0.05, 0) is 0 Å². The van der Waals surface area contributed by atoms with E-state index in [1.54, 1.807) is 22.3 Å². The van der Waals surface area contributed by atoms with Crippen LogP contribution in [0.2, 0.25) is 13.1 Å². The van der Waals surface area contributed by atoms with Crippen LogP contribution in [0.5, 0.6) is 5.75 Å². The van der Waals surface area contributed by atoms with Crippen LogP contribution in [0.15, 0.2) is 90.0 Å². The predicted molar refractivity (Wildman–Crippen MR) is 198 cm³/mol. The number of fused-ring (bicyclic) bond motifs is 2. The Morgan fingerprint density at radius 3 is 1.62 bits per heavy atom. The van der Waals surface area contributed by atoms with Crippen molar-refractivity contribution in [3.63, 3.8) is 0 Å². The average Bonchev–Trinajstić information content (AvgIpc) is 3.51. The van der Waals surface area contributed by atoms with E-state index in [9.17, 15) is 0 Å². The van der Waals surface area contributed by atoms with E-state index in [1.165, 1.54) is 44.5 Å². The van der Waals surface area contributed by atoms with Gasteiger partial charge in [-0.15, -0.1) is 0 Å². The second kappa shape index (κ2) is 14.6. The molecule has 4 aromatic carbocycles. The maximum atomic E-state index is 6.31. The van der Waals surface area contributed by atoms with Gasteiger partial charge >= 0.3 is 288 Å². The quantitative estimate of drug-likeness (QED) is 0.223. The molecule has 0 heterocycles. The molecule has 6 rings (SSSR count). The molecule has 0 amide bonds. The Labute approximate surface area is 310 Å². The monoisotopic (exact) mass is 770 g/mol. The van der Waals surface area contributed by atoms with Gasteiger partial charge in [-0.3, -0.25) is 0 Å². The second-order valence-electron chi connectivity index (χ2n) is 15.7. The summed E-state index contributed by atoms with van der Waals surface area (Å²) in [6, 6.07) is 29.7. The van der Waals surface area contributed by atoms with Crippen molar-refractivity contribution in [2.45, 2.75) is 86.6 Å². The van der Waals surface area contributed by atoms with Gasteiger partial charge in [0.05, 0.1) is 0 Å². The van der Waals surface area contributed by atoms with Crippen LogP contribution < -0.4 is 29.6 Å². The summed E-state index contributed by atoms with van der Waals surface area (Å²) in [6.07, 6.45) is 5.11. The van der Waals surface area contributed by atoms with Crippen LogP contribution in [-0.4, -0.2) is 12.5 Å². The van der Waals surface area contributed by atoms with Crippen LogP contribution in [0.1, 0.15) is 96.0 Å². The molecule has 2 atom stereocenters. The maximum Gasteiger partial charge on any atom is -1.00 e. The number of allylic oxidation sites excluding steroid dienone is 2. The first-order valence-corrected chi connectivity index (χ1v) is 25.8. The summed E-state index contributed by atoms with van der Waals surface area (Å²) in [5.74, 6) is 1.04. The number of hydrogen-bond acceptors (Lipinski definition) is 1. The summed E-state index contributed by atoms with van der Waals surface area (Å²) in [4.78, 5) is 0. The third-order valence-corrected chi connectivity index (χ3v) is 30.0. The average molecular weight is 773 g/mol. The van der Waals surface area contributed by atoms with Crippen molar-refractivity contribution in [1.29, 1.82) is 0 Å². The summed E-state index contributed by atoms with van der Waals surface area (Å²) >= 11 is -2.31. The molecule has 2 aliphatic rings. The minimum Gasteiger partial charge on any atom is -1.00 e. The van der Waals surface area contributed by atoms with E-state index in [0.29, 0.717) is 7.25 Å². The van der Waals surface area contributed by atoms with E-state index < -0.39 is 25.8 Å². The first-order valence-electron chi connectivity index (χ1n) is 16.8. The molecular weight excluding hydrogens is 723 g/mol. The van der Waals surface area contributed by atoms with Crippen molar-refractivity contribution < 1.29 is 49.9 Å². The Bertz CT molecular complexity index is 1920. The van der Waals surface area contributed by atoms with Crippen molar-refractivity contribution in [1.82, 2.24) is 0 Å². The van der Waals surface area contributed by atoms with Gasteiger partial charge in [-0.25, -0.2) is 0 Å². The van der Waals surface area contributed by atoms with Gasteiger partial charge < -0.3 is 24.8 Å². The van der Waals surface area contributed by atoms with E-state index in [0.717, 1.165) is 5.75 Å². The van der Waals surface area contributed by atoms with Gasteiger partial charge in [0.25, 0.3) is 0 Å². The zero-order valence-corrected chi connectivity index (χ0v) is 35.4. The van der Waals surface area contributed by atoms with Gasteiger partial charge in [0.15, 0.2) is 0 Å². The molecular formula is C43H50Cl2OSiZr. The van der Waals surface area contributed by atoms with Crippen LogP contribution in [-0.2, 0) is 31.2 Å². The number of hydrogen-bond donors (Lipinski definition) is 0. The van der Waals surface area contributed by atoms with Gasteiger partial charge in [-0.2, -0.15) is 0 Å². The Morgan fingerprint density at radius 2 is 1.15 bits per heavy atom. The Morgan fingerprint density at radius 1 is 0.646 bits per heavy atom. The number of rotatable bonds is 5. The third kappa shape index (κ3) is 6.92. The predicted octanol–water partition coefficient (Wildman–Crippen LogP) is 6.12. The van der Waals surface area contributed by atoms with Crippen LogP contribution in [0, 0.1) is 0 Å². The summed E-state index contributed by atoms with van der Waals surface area (Å²) < 4.78 is 7.43. The summed E-state index contributed by atoms with van der Waals surface area (Å²) in [5, 5.41) is 0. The molecule has 4 aromatic rings. The van der Waals surface area contributed by atoms with E-state index in [2.05, 4.69) is 159 Å². The molecule has 250 valence electrons. The van der Waals surface area contributed by atoms with E-state index in [-0.39, 0.29) is 35.6 Å². The first-order chi connectivity index (χ1) is 21.7. The van der Waals surface area contributed by atoms with Crippen LogP contribution in [0.4, 0.5) is 0 Å². The summed E-state index contributed by atoms with van der Waals surface area (Å²) in [6.45, 7) is 24.3. The molecule has 0 aromatic heterocycles. The number of halogens is 2. The molecule has 0 bridgehead atoms. The molecule has 0 aliphatic heterocycles. The van der Waals surface area contributed by atoms with Crippen molar-refractivity contribution in [3.8, 4) is 28.0 Å². The standard InChI is InChI=1S/C21H23O.C20H21.C2H6Si.2ClH.Zr/c1-14-11-16-13-18(21(2,3)4)20(22-5)19(17(16)12-14)15-9-7-6-8-10-15;1-14-10-16-12-17(20(2,3)4)13-19(18(16)11-14)15-8-6-5-7-9-15;1-3-2;;;/h6-13H,1-5H3;5-13H,1-4H3;1-2H3;2*1H;/q;;;;;+2/p-2. The molecule has 0 fully saturated rings. The molecule has 2 unspecified atom stereocenters. The Hall–Kier alpha value is -2.16. The SMILES string of the molecule is COc1c(C(C)(C)C)cc2c(c1-c1ccccc1)C=C(C)[CH]2[Zr+2]([CH]1C(C)=Cc2c(-c3ccccc3)cc(C(C)(C)C)cc21)=[Si](C)C.[Cl-].[Cl-]. The fourth-order valence-corrected chi connectivity index (χ4v) is 28.5. The topological polar surface area (TPSA) is 9.23 Å². The minimum atomic E-state index is -2.31. The Kier molecular flexibility index (Phi) is 11.7. The maximum absolute atomic E-state index is 6.31. The Balaban J connectivity index is 0.00000260. The molecule has 1 nitrogen and oxygen atoms in total. The zero-order chi connectivity index (χ0) is 33.1. The number of benzene rings is 4. The van der Waals surface area contributed by atoms with Gasteiger partial charge in [0.1, 0.15) is 0 Å². The van der Waals surface area contributed by atoms with Crippen molar-refractivity contribution in [2.24, 2.45) is 0 Å². The molecule has 0 spiro atoms. The van der Waals surface area contributed by atoms with Crippen molar-refractivity contribution in [2.75, 3.05) is 7.11 Å². The normalized spacial score (nSPS) is 16.4. The van der Waals surface area contributed by atoms with E-state index in [4.69, 9.17) is 4.74 Å². The molecule has 2 aliphatic carbocycles. The summed E-state index contributed by atoms with van der Waals surface area (Å²) in [5.41, 5.74) is 16.7. The van der Waals surface area contributed by atoms with Crippen LogP contribution in [0.3, 0.4) is 0 Å². The number of ether oxygens (including phenoxy) is 1. The minimum absolute atomic E-state index is 0. The smallest absolute Gasteiger partial charge is 1.00 e. The number of methoxy groups -OCH3 is 1. The molecule has 0 N–H and O–H groups in total. The van der Waals surface area contributed by atoms with Crippen LogP contribution in [0.25, 0.3) is 34.4 Å². The van der Waals surface area contributed by atoms with Gasteiger partial charge in [0.2, 0.25) is 0 Å². The summed E-state index contributed by atoms with van der Waals surface area (Å²) in [7, 11) is 1.85.